The van der Waals surface area contributed by atoms with Gasteiger partial charge in [-0.3, -0.25) is 9.63 Å². The van der Waals surface area contributed by atoms with Gasteiger partial charge in [-0.05, 0) is 25.2 Å². The van der Waals surface area contributed by atoms with Gasteiger partial charge in [0.25, 0.3) is 0 Å². The van der Waals surface area contributed by atoms with Crippen molar-refractivity contribution in [3.63, 3.8) is 0 Å². The maximum Gasteiger partial charge on any atom is 0.249 e. The van der Waals surface area contributed by atoms with Crippen LogP contribution in [-0.4, -0.2) is 13.0 Å². The van der Waals surface area contributed by atoms with E-state index in [1.165, 1.54) is 20.0 Å². The van der Waals surface area contributed by atoms with Crippen molar-refractivity contribution in [2.45, 2.75) is 46.0 Å². The van der Waals surface area contributed by atoms with Gasteiger partial charge in [0, 0.05) is 0 Å². The van der Waals surface area contributed by atoms with Gasteiger partial charge in [0.15, 0.2) is 0 Å². The van der Waals surface area contributed by atoms with Gasteiger partial charge in [-0.25, -0.2) is 5.48 Å². The second-order valence-electron chi connectivity index (χ2n) is 4.72. The number of carbonyl (C=O) groups is 1. The van der Waals surface area contributed by atoms with Gasteiger partial charge in [0.2, 0.25) is 5.91 Å². The number of nitrogens with one attached hydrogen (secondary N) is 1. The van der Waals surface area contributed by atoms with Crippen LogP contribution in [0.15, 0.2) is 0 Å². The maximum absolute atomic E-state index is 11.9. The molecular weight excluding hydrogens is 178 g/mol. The van der Waals surface area contributed by atoms with Crippen LogP contribution in [0.25, 0.3) is 0 Å². The lowest BCUT2D eigenvalue weighted by Crippen LogP contribution is -2.39. The van der Waals surface area contributed by atoms with Gasteiger partial charge >= 0.3 is 0 Å². The van der Waals surface area contributed by atoms with Gasteiger partial charge in [0.05, 0.1) is 12.5 Å². The van der Waals surface area contributed by atoms with Crippen LogP contribution in [0.1, 0.15) is 46.0 Å². The quantitative estimate of drug-likeness (QED) is 0.705. The summed E-state index contributed by atoms with van der Waals surface area (Å²) >= 11 is 0. The van der Waals surface area contributed by atoms with E-state index < -0.39 is 0 Å². The molecule has 0 saturated heterocycles. The van der Waals surface area contributed by atoms with Crippen LogP contribution < -0.4 is 5.48 Å². The van der Waals surface area contributed by atoms with Crippen molar-refractivity contribution in [3.05, 3.63) is 0 Å². The zero-order valence-corrected chi connectivity index (χ0v) is 9.43. The average Bonchev–Trinajstić information content (AvgIpc) is 2.53. The van der Waals surface area contributed by atoms with Crippen LogP contribution in [0, 0.1) is 11.3 Å². The molecule has 1 aliphatic rings. The van der Waals surface area contributed by atoms with E-state index in [0.717, 1.165) is 19.3 Å². The summed E-state index contributed by atoms with van der Waals surface area (Å²) < 4.78 is 0. The molecule has 1 N–H and O–H groups in total. The summed E-state index contributed by atoms with van der Waals surface area (Å²) in [7, 11) is 1.50. The first-order chi connectivity index (χ1) is 6.60. The summed E-state index contributed by atoms with van der Waals surface area (Å²) in [6.45, 7) is 4.33. The number of hydrogen-bond donors (Lipinski definition) is 1. The number of amides is 1. The minimum atomic E-state index is -0.149. The van der Waals surface area contributed by atoms with Crippen LogP contribution in [0.2, 0.25) is 0 Å². The largest absolute Gasteiger partial charge is 0.277 e. The third-order valence-corrected chi connectivity index (χ3v) is 3.04. The minimum absolute atomic E-state index is 0.0752. The predicted molar refractivity (Wildman–Crippen MR) is 55.5 cm³/mol. The first-order valence-corrected chi connectivity index (χ1v) is 5.44. The first-order valence-electron chi connectivity index (χ1n) is 5.44. The molecule has 14 heavy (non-hydrogen) atoms. The van der Waals surface area contributed by atoms with E-state index in [9.17, 15) is 4.79 Å². The topological polar surface area (TPSA) is 38.3 Å². The Bertz CT molecular complexity index is 195. The normalized spacial score (nSPS) is 20.0. The molecule has 0 aromatic carbocycles. The molecule has 0 bridgehead atoms. The van der Waals surface area contributed by atoms with E-state index in [0.29, 0.717) is 5.92 Å². The van der Waals surface area contributed by atoms with E-state index in [2.05, 4.69) is 19.3 Å². The molecular formula is C11H21NO2. The molecule has 3 nitrogen and oxygen atoms in total. The molecule has 0 unspecified atom stereocenters. The lowest BCUT2D eigenvalue weighted by atomic mass is 9.78. The zero-order valence-electron chi connectivity index (χ0n) is 9.43. The fourth-order valence-corrected chi connectivity index (χ4v) is 2.56. The average molecular weight is 199 g/mol. The van der Waals surface area contributed by atoms with Gasteiger partial charge < -0.3 is 0 Å². The second kappa shape index (κ2) is 4.78. The summed E-state index contributed by atoms with van der Waals surface area (Å²) in [4.78, 5) is 16.6. The number of hydrogen-bond acceptors (Lipinski definition) is 2. The van der Waals surface area contributed by atoms with E-state index >= 15 is 0 Å². The van der Waals surface area contributed by atoms with Crippen LogP contribution in [-0.2, 0) is 9.63 Å². The van der Waals surface area contributed by atoms with E-state index in [4.69, 9.17) is 4.84 Å². The highest BCUT2D eigenvalue weighted by Crippen LogP contribution is 2.43. The highest BCUT2D eigenvalue weighted by atomic mass is 16.6. The fraction of sp³-hybridized carbons (Fsp3) is 0.909. The molecule has 0 radical (unpaired) electrons. The standard InChI is InChI=1S/C11H21NO2/c1-9(2)8-11(6-4-5-7-11)10(13)12-14-3/h9H,4-8H2,1-3H3,(H,12,13). The highest BCUT2D eigenvalue weighted by Gasteiger charge is 2.41. The van der Waals surface area contributed by atoms with Crippen LogP contribution in [0.3, 0.4) is 0 Å². The van der Waals surface area contributed by atoms with Crippen molar-refractivity contribution in [3.8, 4) is 0 Å². The summed E-state index contributed by atoms with van der Waals surface area (Å²) in [6, 6.07) is 0. The summed E-state index contributed by atoms with van der Waals surface area (Å²) in [5.41, 5.74) is 2.35. The van der Waals surface area contributed by atoms with Crippen molar-refractivity contribution in [1.29, 1.82) is 0 Å². The van der Waals surface area contributed by atoms with Gasteiger partial charge in [0.1, 0.15) is 0 Å². The van der Waals surface area contributed by atoms with E-state index in [1.807, 2.05) is 0 Å². The lowest BCUT2D eigenvalue weighted by Gasteiger charge is -2.28. The molecule has 0 atom stereocenters. The Hall–Kier alpha value is -0.570. The summed E-state index contributed by atoms with van der Waals surface area (Å²) in [5, 5.41) is 0. The van der Waals surface area contributed by atoms with Gasteiger partial charge in [-0.15, -0.1) is 0 Å². The van der Waals surface area contributed by atoms with Gasteiger partial charge in [-0.1, -0.05) is 26.7 Å². The molecule has 1 saturated carbocycles. The monoisotopic (exact) mass is 199 g/mol. The molecule has 1 amide bonds. The highest BCUT2D eigenvalue weighted by molar-refractivity contribution is 5.81. The minimum Gasteiger partial charge on any atom is -0.277 e. The Morgan fingerprint density at radius 2 is 2.00 bits per heavy atom. The number of carbonyl (C=O) groups excluding carboxylic acids is 1. The molecule has 0 aromatic heterocycles. The van der Waals surface area contributed by atoms with Crippen molar-refractivity contribution < 1.29 is 9.63 Å². The van der Waals surface area contributed by atoms with Crippen molar-refractivity contribution in [2.24, 2.45) is 11.3 Å². The Morgan fingerprint density at radius 1 is 1.43 bits per heavy atom. The zero-order chi connectivity index (χ0) is 10.6. The molecule has 0 spiro atoms. The SMILES string of the molecule is CONC(=O)C1(CC(C)C)CCCC1. The smallest absolute Gasteiger partial charge is 0.249 e. The third-order valence-electron chi connectivity index (χ3n) is 3.04. The molecule has 1 fully saturated rings. The Labute approximate surface area is 86.2 Å². The Balaban J connectivity index is 2.65. The summed E-state index contributed by atoms with van der Waals surface area (Å²) in [5.74, 6) is 0.641. The molecule has 0 heterocycles. The molecule has 1 rings (SSSR count). The summed E-state index contributed by atoms with van der Waals surface area (Å²) in [6.07, 6.45) is 5.34. The molecule has 1 aliphatic carbocycles. The predicted octanol–water partition coefficient (Wildman–Crippen LogP) is 2.27. The molecule has 3 heteroatoms. The first kappa shape index (κ1) is 11.5. The molecule has 0 aromatic rings. The Kier molecular flexibility index (Phi) is 3.93. The Morgan fingerprint density at radius 3 is 2.43 bits per heavy atom. The van der Waals surface area contributed by atoms with E-state index in [-0.39, 0.29) is 11.3 Å². The fourth-order valence-electron chi connectivity index (χ4n) is 2.56. The van der Waals surface area contributed by atoms with Gasteiger partial charge in [-0.2, -0.15) is 0 Å². The van der Waals surface area contributed by atoms with Crippen LogP contribution in [0.5, 0.6) is 0 Å². The van der Waals surface area contributed by atoms with E-state index in [1.54, 1.807) is 0 Å². The van der Waals surface area contributed by atoms with Crippen molar-refractivity contribution >= 4 is 5.91 Å². The van der Waals surface area contributed by atoms with Crippen molar-refractivity contribution in [2.75, 3.05) is 7.11 Å². The molecule has 0 aliphatic heterocycles. The second-order valence-corrected chi connectivity index (χ2v) is 4.72. The molecule has 82 valence electrons. The van der Waals surface area contributed by atoms with Crippen molar-refractivity contribution in [1.82, 2.24) is 5.48 Å². The maximum atomic E-state index is 11.9. The lowest BCUT2D eigenvalue weighted by molar-refractivity contribution is -0.142. The number of hydroxylamine groups is 1. The third kappa shape index (κ3) is 2.47. The van der Waals surface area contributed by atoms with Crippen LogP contribution >= 0.6 is 0 Å². The van der Waals surface area contributed by atoms with Crippen LogP contribution in [0.4, 0.5) is 0 Å². The number of rotatable bonds is 4.